The Hall–Kier alpha value is -3.22. The Morgan fingerprint density at radius 3 is 2.56 bits per heavy atom. The molecule has 7 heteroatoms. The normalized spacial score (nSPS) is 20.3. The Morgan fingerprint density at radius 2 is 1.96 bits per heavy atom. The number of aliphatic imine (C=N–C) groups is 1. The highest BCUT2D eigenvalue weighted by atomic mass is 16.4. The number of nitrogens with zero attached hydrogens (tertiary/aromatic N) is 3. The lowest BCUT2D eigenvalue weighted by Gasteiger charge is -2.29. The van der Waals surface area contributed by atoms with Crippen molar-refractivity contribution in [1.82, 2.24) is 9.55 Å². The third-order valence-corrected chi connectivity index (χ3v) is 4.36. The number of hydrogen-bond donors (Lipinski definition) is 2. The van der Waals surface area contributed by atoms with Crippen molar-refractivity contribution in [2.45, 2.75) is 19.8 Å². The molecule has 1 aromatic heterocycles. The molecule has 2 unspecified atom stereocenters. The number of aromatic nitrogens is 2. The second-order valence-electron chi connectivity index (χ2n) is 5.92. The lowest BCUT2D eigenvalue weighted by molar-refractivity contribution is -0.140. The Balaban J connectivity index is 2.17. The maximum absolute atomic E-state index is 11.8. The fourth-order valence-corrected chi connectivity index (χ4v) is 3.29. The Labute approximate surface area is 144 Å². The molecule has 25 heavy (non-hydrogen) atoms. The number of aliphatic carboxylic acids is 2. The van der Waals surface area contributed by atoms with Crippen LogP contribution in [0.4, 0.5) is 0 Å². The van der Waals surface area contributed by atoms with Crippen LogP contribution in [0, 0.1) is 5.92 Å². The Bertz CT molecular complexity index is 897. The quantitative estimate of drug-likeness (QED) is 0.890. The highest BCUT2D eigenvalue weighted by Crippen LogP contribution is 2.39. The van der Waals surface area contributed by atoms with E-state index in [1.54, 1.807) is 55.3 Å². The molecule has 2 heterocycles. The molecule has 1 aromatic carbocycles. The number of carboxylic acid groups (broad SMARTS) is 2. The van der Waals surface area contributed by atoms with Gasteiger partial charge in [-0.1, -0.05) is 12.1 Å². The molecule has 0 saturated carbocycles. The highest BCUT2D eigenvalue weighted by Gasteiger charge is 2.41. The van der Waals surface area contributed by atoms with E-state index in [1.165, 1.54) is 0 Å². The monoisotopic (exact) mass is 339 g/mol. The van der Waals surface area contributed by atoms with E-state index in [1.807, 2.05) is 6.07 Å². The van der Waals surface area contributed by atoms with Crippen LogP contribution in [0.25, 0.3) is 5.69 Å². The van der Waals surface area contributed by atoms with Crippen molar-refractivity contribution in [2.75, 3.05) is 0 Å². The summed E-state index contributed by atoms with van der Waals surface area (Å²) in [5.41, 5.74) is 2.14. The molecule has 3 rings (SSSR count). The SMILES string of the molecule is CC1=NC(C)=C(C(=O)O)C(c2cccc(-n3ccnc3)c2)C1C(=O)O. The van der Waals surface area contributed by atoms with Gasteiger partial charge in [0.15, 0.2) is 0 Å². The van der Waals surface area contributed by atoms with Crippen LogP contribution in [-0.2, 0) is 9.59 Å². The van der Waals surface area contributed by atoms with Crippen molar-refractivity contribution in [3.05, 3.63) is 59.8 Å². The van der Waals surface area contributed by atoms with Crippen LogP contribution < -0.4 is 0 Å². The zero-order valence-electron chi connectivity index (χ0n) is 13.7. The van der Waals surface area contributed by atoms with E-state index in [0.717, 1.165) is 5.69 Å². The summed E-state index contributed by atoms with van der Waals surface area (Å²) < 4.78 is 1.78. The zero-order chi connectivity index (χ0) is 18.1. The zero-order valence-corrected chi connectivity index (χ0v) is 13.7. The van der Waals surface area contributed by atoms with E-state index in [4.69, 9.17) is 0 Å². The lowest BCUT2D eigenvalue weighted by atomic mass is 9.75. The molecule has 0 fully saturated rings. The number of imidazole rings is 1. The first-order valence-electron chi connectivity index (χ1n) is 7.70. The average molecular weight is 339 g/mol. The van der Waals surface area contributed by atoms with Gasteiger partial charge in [0.1, 0.15) is 5.92 Å². The van der Waals surface area contributed by atoms with Gasteiger partial charge in [0.05, 0.1) is 11.9 Å². The molecule has 0 aliphatic carbocycles. The molecular formula is C18H17N3O4. The first kappa shape index (κ1) is 16.6. The molecule has 128 valence electrons. The summed E-state index contributed by atoms with van der Waals surface area (Å²) in [6.07, 6.45) is 5.03. The van der Waals surface area contributed by atoms with E-state index in [0.29, 0.717) is 17.0 Å². The molecular weight excluding hydrogens is 322 g/mol. The largest absolute Gasteiger partial charge is 0.481 e. The van der Waals surface area contributed by atoms with Crippen LogP contribution in [0.1, 0.15) is 25.3 Å². The molecule has 2 atom stereocenters. The molecule has 1 aliphatic rings. The van der Waals surface area contributed by atoms with Gasteiger partial charge in [-0.3, -0.25) is 9.79 Å². The van der Waals surface area contributed by atoms with Gasteiger partial charge < -0.3 is 14.8 Å². The van der Waals surface area contributed by atoms with Crippen molar-refractivity contribution in [3.8, 4) is 5.69 Å². The number of allylic oxidation sites excluding steroid dienone is 1. The van der Waals surface area contributed by atoms with Crippen LogP contribution in [-0.4, -0.2) is 37.4 Å². The van der Waals surface area contributed by atoms with Crippen LogP contribution in [0.15, 0.2) is 59.2 Å². The minimum Gasteiger partial charge on any atom is -0.481 e. The standard InChI is InChI=1S/C18H17N3O4/c1-10-14(17(22)23)16(15(18(24)25)11(2)20-10)12-4-3-5-13(8-12)21-7-6-19-9-21/h3-9,14,16H,1-2H3,(H,22,23)(H,24,25). The molecule has 7 nitrogen and oxygen atoms in total. The third kappa shape index (κ3) is 2.96. The Kier molecular flexibility index (Phi) is 4.22. The van der Waals surface area contributed by atoms with Crippen molar-refractivity contribution >= 4 is 17.7 Å². The molecule has 0 spiro atoms. The molecule has 0 amide bonds. The lowest BCUT2D eigenvalue weighted by Crippen LogP contribution is -2.34. The number of carbonyl (C=O) groups is 2. The smallest absolute Gasteiger partial charge is 0.334 e. The predicted octanol–water partition coefficient (Wildman–Crippen LogP) is 2.49. The number of rotatable bonds is 4. The van der Waals surface area contributed by atoms with E-state index < -0.39 is 23.8 Å². The summed E-state index contributed by atoms with van der Waals surface area (Å²) in [5, 5.41) is 19.3. The fraction of sp³-hybridized carbons (Fsp3) is 0.222. The molecule has 0 bridgehead atoms. The molecule has 0 saturated heterocycles. The van der Waals surface area contributed by atoms with Crippen molar-refractivity contribution in [1.29, 1.82) is 0 Å². The van der Waals surface area contributed by atoms with Crippen molar-refractivity contribution < 1.29 is 19.8 Å². The number of benzene rings is 1. The summed E-state index contributed by atoms with van der Waals surface area (Å²) in [6, 6.07) is 7.16. The van der Waals surface area contributed by atoms with Crippen LogP contribution in [0.2, 0.25) is 0 Å². The molecule has 2 aromatic rings. The van der Waals surface area contributed by atoms with Crippen LogP contribution >= 0.6 is 0 Å². The molecule has 0 radical (unpaired) electrons. The number of hydrogen-bond acceptors (Lipinski definition) is 4. The maximum atomic E-state index is 11.8. The van der Waals surface area contributed by atoms with Gasteiger partial charge in [0.2, 0.25) is 0 Å². The average Bonchev–Trinajstić information content (AvgIpc) is 3.07. The maximum Gasteiger partial charge on any atom is 0.334 e. The van der Waals surface area contributed by atoms with Crippen LogP contribution in [0.3, 0.4) is 0 Å². The van der Waals surface area contributed by atoms with E-state index >= 15 is 0 Å². The summed E-state index contributed by atoms with van der Waals surface area (Å²) in [4.78, 5) is 31.8. The summed E-state index contributed by atoms with van der Waals surface area (Å²) in [7, 11) is 0. The van der Waals surface area contributed by atoms with Crippen molar-refractivity contribution in [2.24, 2.45) is 10.9 Å². The number of carboxylic acids is 2. The van der Waals surface area contributed by atoms with Gasteiger partial charge >= 0.3 is 11.9 Å². The summed E-state index contributed by atoms with van der Waals surface area (Å²) in [6.45, 7) is 3.21. The minimum atomic E-state index is -1.15. The third-order valence-electron chi connectivity index (χ3n) is 4.36. The van der Waals surface area contributed by atoms with Gasteiger partial charge in [0.25, 0.3) is 0 Å². The first-order valence-corrected chi connectivity index (χ1v) is 7.70. The summed E-state index contributed by atoms with van der Waals surface area (Å²) >= 11 is 0. The highest BCUT2D eigenvalue weighted by molar-refractivity contribution is 6.06. The van der Waals surface area contributed by atoms with E-state index in [9.17, 15) is 19.8 Å². The van der Waals surface area contributed by atoms with Gasteiger partial charge in [-0.05, 0) is 31.5 Å². The van der Waals surface area contributed by atoms with Gasteiger partial charge in [-0.2, -0.15) is 0 Å². The summed E-state index contributed by atoms with van der Waals surface area (Å²) in [5.74, 6) is -4.08. The first-order chi connectivity index (χ1) is 11.9. The van der Waals surface area contributed by atoms with Gasteiger partial charge in [0, 0.05) is 35.4 Å². The topological polar surface area (TPSA) is 105 Å². The Morgan fingerprint density at radius 1 is 1.20 bits per heavy atom. The predicted molar refractivity (Wildman–Crippen MR) is 90.9 cm³/mol. The van der Waals surface area contributed by atoms with E-state index in [2.05, 4.69) is 9.98 Å². The van der Waals surface area contributed by atoms with Crippen molar-refractivity contribution in [3.63, 3.8) is 0 Å². The van der Waals surface area contributed by atoms with Gasteiger partial charge in [-0.15, -0.1) is 0 Å². The second kappa shape index (κ2) is 6.35. The van der Waals surface area contributed by atoms with Crippen LogP contribution in [0.5, 0.6) is 0 Å². The fourth-order valence-electron chi connectivity index (χ4n) is 3.29. The molecule has 1 aliphatic heterocycles. The second-order valence-corrected chi connectivity index (χ2v) is 5.92. The molecule has 2 N–H and O–H groups in total. The van der Waals surface area contributed by atoms with Gasteiger partial charge in [-0.25, -0.2) is 9.78 Å². The van der Waals surface area contributed by atoms with E-state index in [-0.39, 0.29) is 5.57 Å². The minimum absolute atomic E-state index is 0.0146.